The van der Waals surface area contributed by atoms with Gasteiger partial charge in [-0.3, -0.25) is 0 Å². The second-order valence-corrected chi connectivity index (χ2v) is 4.58. The Morgan fingerprint density at radius 2 is 2.33 bits per heavy atom. The lowest BCUT2D eigenvalue weighted by Crippen LogP contribution is -2.34. The molecule has 0 aromatic heterocycles. The summed E-state index contributed by atoms with van der Waals surface area (Å²) in [7, 11) is 0. The predicted molar refractivity (Wildman–Crippen MR) is 60.7 cm³/mol. The smallest absolute Gasteiger partial charge is 0.144 e. The lowest BCUT2D eigenvalue weighted by atomic mass is 10.1. The number of morpholine rings is 1. The Morgan fingerprint density at radius 3 is 3.00 bits per heavy atom. The van der Waals surface area contributed by atoms with E-state index in [2.05, 4.69) is 21.2 Å². The lowest BCUT2D eigenvalue weighted by Gasteiger charge is -2.25. The van der Waals surface area contributed by atoms with E-state index in [9.17, 15) is 4.39 Å². The van der Waals surface area contributed by atoms with Crippen LogP contribution in [0.1, 0.15) is 11.7 Å². The summed E-state index contributed by atoms with van der Waals surface area (Å²) in [6.45, 7) is 1.96. The molecule has 1 aromatic rings. The van der Waals surface area contributed by atoms with Crippen LogP contribution in [0.25, 0.3) is 0 Å². The number of nitrogens with one attached hydrogen (secondary N) is 1. The van der Waals surface area contributed by atoms with E-state index in [1.165, 1.54) is 0 Å². The molecule has 15 heavy (non-hydrogen) atoms. The normalized spacial score (nSPS) is 21.7. The first kappa shape index (κ1) is 11.3. The molecule has 1 atom stereocenters. The van der Waals surface area contributed by atoms with E-state index >= 15 is 0 Å². The fraction of sp³-hybridized carbons (Fsp3) is 0.400. The van der Waals surface area contributed by atoms with E-state index in [4.69, 9.17) is 16.3 Å². The zero-order valence-electron chi connectivity index (χ0n) is 7.90. The maximum absolute atomic E-state index is 13.8. The first-order valence-corrected chi connectivity index (χ1v) is 5.83. The Labute approximate surface area is 101 Å². The molecular weight excluding hydrogens is 284 g/mol. The molecule has 2 nitrogen and oxygen atoms in total. The quantitative estimate of drug-likeness (QED) is 0.804. The van der Waals surface area contributed by atoms with Crippen molar-refractivity contribution in [3.05, 3.63) is 33.0 Å². The molecule has 1 aromatic carbocycles. The minimum atomic E-state index is -0.337. The zero-order valence-corrected chi connectivity index (χ0v) is 10.2. The van der Waals surface area contributed by atoms with Gasteiger partial charge in [-0.25, -0.2) is 4.39 Å². The highest BCUT2D eigenvalue weighted by Crippen LogP contribution is 2.32. The molecule has 82 valence electrons. The molecule has 1 N–H and O–H groups in total. The number of rotatable bonds is 1. The highest BCUT2D eigenvalue weighted by molar-refractivity contribution is 9.10. The third-order valence-corrected chi connectivity index (χ3v) is 3.27. The van der Waals surface area contributed by atoms with Crippen LogP contribution in [0.2, 0.25) is 5.02 Å². The van der Waals surface area contributed by atoms with Crippen LogP contribution in [0.3, 0.4) is 0 Å². The maximum atomic E-state index is 13.8. The van der Waals surface area contributed by atoms with Crippen molar-refractivity contribution in [3.63, 3.8) is 0 Å². The first-order chi connectivity index (χ1) is 7.20. The predicted octanol–water partition coefficient (Wildman–Crippen LogP) is 2.90. The van der Waals surface area contributed by atoms with Gasteiger partial charge < -0.3 is 10.1 Å². The van der Waals surface area contributed by atoms with E-state index in [0.29, 0.717) is 28.2 Å². The van der Waals surface area contributed by atoms with Crippen LogP contribution in [-0.4, -0.2) is 19.7 Å². The SMILES string of the molecule is Fc1c(Br)ccc(Cl)c1C1CNCCO1. The molecule has 1 aliphatic rings. The van der Waals surface area contributed by atoms with Gasteiger partial charge in [0.2, 0.25) is 0 Å². The molecule has 0 bridgehead atoms. The number of halogens is 3. The van der Waals surface area contributed by atoms with Crippen LogP contribution in [0.5, 0.6) is 0 Å². The van der Waals surface area contributed by atoms with Crippen molar-refractivity contribution in [1.82, 2.24) is 5.32 Å². The molecule has 1 heterocycles. The second kappa shape index (κ2) is 4.78. The van der Waals surface area contributed by atoms with Gasteiger partial charge in [-0.2, -0.15) is 0 Å². The van der Waals surface area contributed by atoms with Crippen molar-refractivity contribution in [2.24, 2.45) is 0 Å². The Balaban J connectivity index is 2.36. The molecule has 0 amide bonds. The van der Waals surface area contributed by atoms with Gasteiger partial charge in [0.1, 0.15) is 5.82 Å². The van der Waals surface area contributed by atoms with Gasteiger partial charge in [0.25, 0.3) is 0 Å². The van der Waals surface area contributed by atoms with E-state index in [0.717, 1.165) is 6.54 Å². The summed E-state index contributed by atoms with van der Waals surface area (Å²) in [5, 5.41) is 3.55. The Morgan fingerprint density at radius 1 is 1.53 bits per heavy atom. The fourth-order valence-corrected chi connectivity index (χ4v) is 2.20. The molecule has 5 heteroatoms. The van der Waals surface area contributed by atoms with E-state index in [1.54, 1.807) is 12.1 Å². The Hall–Kier alpha value is -0.160. The summed E-state index contributed by atoms with van der Waals surface area (Å²) in [5.74, 6) is -0.337. The van der Waals surface area contributed by atoms with E-state index in [1.807, 2.05) is 0 Å². The van der Waals surface area contributed by atoms with Gasteiger partial charge in [0.15, 0.2) is 0 Å². The summed E-state index contributed by atoms with van der Waals surface area (Å²) in [6.07, 6.45) is -0.302. The first-order valence-electron chi connectivity index (χ1n) is 4.66. The molecule has 0 spiro atoms. The van der Waals surface area contributed by atoms with E-state index in [-0.39, 0.29) is 11.9 Å². The third kappa shape index (κ3) is 2.33. The van der Waals surface area contributed by atoms with Crippen molar-refractivity contribution in [1.29, 1.82) is 0 Å². The molecule has 1 fully saturated rings. The highest BCUT2D eigenvalue weighted by atomic mass is 79.9. The second-order valence-electron chi connectivity index (χ2n) is 3.32. The minimum absolute atomic E-state index is 0.302. The molecule has 0 radical (unpaired) electrons. The van der Waals surface area contributed by atoms with Crippen LogP contribution in [0.15, 0.2) is 16.6 Å². The maximum Gasteiger partial charge on any atom is 0.144 e. The van der Waals surface area contributed by atoms with Crippen molar-refractivity contribution in [2.45, 2.75) is 6.10 Å². The summed E-state index contributed by atoms with van der Waals surface area (Å²) in [6, 6.07) is 3.26. The summed E-state index contributed by atoms with van der Waals surface area (Å²) >= 11 is 9.10. The molecule has 1 unspecified atom stereocenters. The van der Waals surface area contributed by atoms with Crippen LogP contribution in [0.4, 0.5) is 4.39 Å². The summed E-state index contributed by atoms with van der Waals surface area (Å²) < 4.78 is 19.7. The largest absolute Gasteiger partial charge is 0.371 e. The topological polar surface area (TPSA) is 21.3 Å². The molecule has 2 rings (SSSR count). The van der Waals surface area contributed by atoms with Crippen LogP contribution in [0, 0.1) is 5.82 Å². The van der Waals surface area contributed by atoms with Crippen molar-refractivity contribution >= 4 is 27.5 Å². The average molecular weight is 295 g/mol. The van der Waals surface area contributed by atoms with Crippen molar-refractivity contribution < 1.29 is 9.13 Å². The van der Waals surface area contributed by atoms with Gasteiger partial charge in [-0.1, -0.05) is 11.6 Å². The van der Waals surface area contributed by atoms with Crippen LogP contribution in [-0.2, 0) is 4.74 Å². The Kier molecular flexibility index (Phi) is 3.61. The molecule has 0 saturated carbocycles. The third-order valence-electron chi connectivity index (χ3n) is 2.33. The van der Waals surface area contributed by atoms with Gasteiger partial charge in [0.05, 0.1) is 17.2 Å². The van der Waals surface area contributed by atoms with Gasteiger partial charge >= 0.3 is 0 Å². The van der Waals surface area contributed by atoms with Gasteiger partial charge in [-0.15, -0.1) is 0 Å². The lowest BCUT2D eigenvalue weighted by molar-refractivity contribution is 0.0255. The number of benzene rings is 1. The monoisotopic (exact) mass is 293 g/mol. The van der Waals surface area contributed by atoms with Crippen molar-refractivity contribution in [3.8, 4) is 0 Å². The fourth-order valence-electron chi connectivity index (χ4n) is 1.59. The summed E-state index contributed by atoms with van der Waals surface area (Å²) in [4.78, 5) is 0. The Bertz CT molecular complexity index is 369. The zero-order chi connectivity index (χ0) is 10.8. The molecule has 0 aliphatic carbocycles. The van der Waals surface area contributed by atoms with Crippen LogP contribution < -0.4 is 5.32 Å². The number of ether oxygens (including phenoxy) is 1. The number of hydrogen-bond acceptors (Lipinski definition) is 2. The van der Waals surface area contributed by atoms with Crippen molar-refractivity contribution in [2.75, 3.05) is 19.7 Å². The summed E-state index contributed by atoms with van der Waals surface area (Å²) in [5.41, 5.74) is 0.429. The van der Waals surface area contributed by atoms with E-state index < -0.39 is 0 Å². The molecule has 1 aliphatic heterocycles. The molecule has 1 saturated heterocycles. The van der Waals surface area contributed by atoms with Crippen LogP contribution >= 0.6 is 27.5 Å². The standard InChI is InChI=1S/C10H10BrClFNO/c11-6-1-2-7(12)9(10(6)13)8-5-14-3-4-15-8/h1-2,8,14H,3-5H2. The van der Waals surface area contributed by atoms with Gasteiger partial charge in [-0.05, 0) is 28.1 Å². The number of hydrogen-bond donors (Lipinski definition) is 1. The minimum Gasteiger partial charge on any atom is -0.371 e. The highest BCUT2D eigenvalue weighted by Gasteiger charge is 2.23. The van der Waals surface area contributed by atoms with Gasteiger partial charge in [0, 0.05) is 23.7 Å². The average Bonchev–Trinajstić information content (AvgIpc) is 2.26. The molecular formula is C10H10BrClFNO.